The number of hydrogen-bond donors (Lipinski definition) is 2. The van der Waals surface area contributed by atoms with Crippen molar-refractivity contribution in [2.75, 3.05) is 7.05 Å². The second kappa shape index (κ2) is 6.12. The molecule has 0 aliphatic heterocycles. The van der Waals surface area contributed by atoms with Gasteiger partial charge in [0.2, 0.25) is 0 Å². The first-order chi connectivity index (χ1) is 9.19. The smallest absolute Gasteiger partial charge is 0.300 e. The number of hydrogen-bond acceptors (Lipinski definition) is 5. The number of nitrogens with two attached hydrogens (primary N) is 1. The first-order valence-electron chi connectivity index (χ1n) is 5.86. The van der Waals surface area contributed by atoms with Crippen molar-refractivity contribution in [1.82, 2.24) is 15.3 Å². The number of aromatic nitrogens is 1. The molecule has 3 N–H and O–H groups in total. The molecule has 2 aromatic heterocycles. The highest BCUT2D eigenvalue weighted by molar-refractivity contribution is 5.90. The maximum atomic E-state index is 11.3. The number of carbonyl (C=O) groups is 1. The number of hydrazine groups is 1. The Bertz CT molecular complexity index is 539. The van der Waals surface area contributed by atoms with Crippen LogP contribution in [0.2, 0.25) is 0 Å². The lowest BCUT2D eigenvalue weighted by atomic mass is 10.2. The highest BCUT2D eigenvalue weighted by Crippen LogP contribution is 2.11. The Morgan fingerprint density at radius 3 is 2.74 bits per heavy atom. The SMILES string of the molecule is CN(Cc1ccncc1)Cc1ccc(C(=O)NN)o1. The summed E-state index contributed by atoms with van der Waals surface area (Å²) in [4.78, 5) is 17.3. The predicted molar refractivity (Wildman–Crippen MR) is 69.8 cm³/mol. The van der Waals surface area contributed by atoms with E-state index in [9.17, 15) is 4.79 Å². The summed E-state index contributed by atoms with van der Waals surface area (Å²) in [5, 5.41) is 0. The molecule has 0 spiro atoms. The van der Waals surface area contributed by atoms with Crippen LogP contribution >= 0.6 is 0 Å². The molecule has 2 heterocycles. The molecule has 6 heteroatoms. The minimum Gasteiger partial charge on any atom is -0.455 e. The van der Waals surface area contributed by atoms with Crippen LogP contribution in [-0.2, 0) is 13.1 Å². The first-order valence-corrected chi connectivity index (χ1v) is 5.86. The van der Waals surface area contributed by atoms with Gasteiger partial charge in [-0.1, -0.05) is 0 Å². The second-order valence-electron chi connectivity index (χ2n) is 4.27. The average Bonchev–Trinajstić information content (AvgIpc) is 2.87. The van der Waals surface area contributed by atoms with Crippen molar-refractivity contribution in [2.24, 2.45) is 5.84 Å². The molecule has 0 aromatic carbocycles. The van der Waals surface area contributed by atoms with E-state index in [1.54, 1.807) is 24.5 Å². The predicted octanol–water partition coefficient (Wildman–Crippen LogP) is 0.910. The van der Waals surface area contributed by atoms with E-state index in [2.05, 4.69) is 9.88 Å². The van der Waals surface area contributed by atoms with Gasteiger partial charge in [0, 0.05) is 18.9 Å². The Morgan fingerprint density at radius 1 is 1.32 bits per heavy atom. The number of pyridine rings is 1. The van der Waals surface area contributed by atoms with E-state index in [-0.39, 0.29) is 5.76 Å². The number of nitrogen functional groups attached to an aromatic ring is 1. The monoisotopic (exact) mass is 260 g/mol. The number of nitrogens with one attached hydrogen (secondary N) is 1. The molecule has 0 saturated carbocycles. The van der Waals surface area contributed by atoms with Crippen LogP contribution in [0.4, 0.5) is 0 Å². The lowest BCUT2D eigenvalue weighted by Gasteiger charge is -2.14. The van der Waals surface area contributed by atoms with Crippen molar-refractivity contribution < 1.29 is 9.21 Å². The summed E-state index contributed by atoms with van der Waals surface area (Å²) in [5.74, 6) is 5.55. The zero-order valence-corrected chi connectivity index (χ0v) is 10.7. The third-order valence-corrected chi connectivity index (χ3v) is 2.64. The molecule has 0 aliphatic carbocycles. The summed E-state index contributed by atoms with van der Waals surface area (Å²) < 4.78 is 5.40. The van der Waals surface area contributed by atoms with Crippen LogP contribution in [0.15, 0.2) is 41.1 Å². The van der Waals surface area contributed by atoms with E-state index >= 15 is 0 Å². The summed E-state index contributed by atoms with van der Waals surface area (Å²) in [6, 6.07) is 7.31. The zero-order chi connectivity index (χ0) is 13.7. The molecule has 0 aliphatic rings. The number of amides is 1. The quantitative estimate of drug-likeness (QED) is 0.474. The van der Waals surface area contributed by atoms with Crippen LogP contribution in [0, 0.1) is 0 Å². The lowest BCUT2D eigenvalue weighted by molar-refractivity contribution is 0.0922. The van der Waals surface area contributed by atoms with Gasteiger partial charge in [0.05, 0.1) is 6.54 Å². The van der Waals surface area contributed by atoms with Crippen molar-refractivity contribution in [3.8, 4) is 0 Å². The molecule has 19 heavy (non-hydrogen) atoms. The Morgan fingerprint density at radius 2 is 2.05 bits per heavy atom. The minimum absolute atomic E-state index is 0.217. The van der Waals surface area contributed by atoms with Crippen molar-refractivity contribution in [1.29, 1.82) is 0 Å². The van der Waals surface area contributed by atoms with Crippen LogP contribution in [-0.4, -0.2) is 22.8 Å². The van der Waals surface area contributed by atoms with Gasteiger partial charge >= 0.3 is 5.91 Å². The van der Waals surface area contributed by atoms with E-state index in [4.69, 9.17) is 10.3 Å². The average molecular weight is 260 g/mol. The molecule has 2 rings (SSSR count). The van der Waals surface area contributed by atoms with E-state index < -0.39 is 5.91 Å². The number of carbonyl (C=O) groups excluding carboxylic acids is 1. The summed E-state index contributed by atoms with van der Waals surface area (Å²) >= 11 is 0. The molecule has 0 fully saturated rings. The van der Waals surface area contributed by atoms with Crippen molar-refractivity contribution >= 4 is 5.91 Å². The zero-order valence-electron chi connectivity index (χ0n) is 10.7. The van der Waals surface area contributed by atoms with Gasteiger partial charge in [0.25, 0.3) is 0 Å². The van der Waals surface area contributed by atoms with E-state index in [1.165, 1.54) is 5.56 Å². The number of nitrogens with zero attached hydrogens (tertiary/aromatic N) is 2. The number of furan rings is 1. The lowest BCUT2D eigenvalue weighted by Crippen LogP contribution is -2.29. The molecule has 1 amide bonds. The van der Waals surface area contributed by atoms with Gasteiger partial charge in [-0.05, 0) is 36.9 Å². The molecule has 0 saturated heterocycles. The van der Waals surface area contributed by atoms with Gasteiger partial charge in [0.15, 0.2) is 5.76 Å². The van der Waals surface area contributed by atoms with E-state index in [0.717, 1.165) is 12.3 Å². The fraction of sp³-hybridized carbons (Fsp3) is 0.231. The van der Waals surface area contributed by atoms with E-state index in [0.29, 0.717) is 6.54 Å². The molecule has 0 unspecified atom stereocenters. The minimum atomic E-state index is -0.428. The Hall–Kier alpha value is -2.18. The molecule has 0 bridgehead atoms. The highest BCUT2D eigenvalue weighted by Gasteiger charge is 2.11. The molecular formula is C13H16N4O2. The largest absolute Gasteiger partial charge is 0.455 e. The van der Waals surface area contributed by atoms with Gasteiger partial charge in [-0.2, -0.15) is 0 Å². The maximum absolute atomic E-state index is 11.3. The third-order valence-electron chi connectivity index (χ3n) is 2.64. The van der Waals surface area contributed by atoms with Crippen LogP contribution in [0.25, 0.3) is 0 Å². The van der Waals surface area contributed by atoms with Crippen LogP contribution in [0.1, 0.15) is 21.9 Å². The summed E-state index contributed by atoms with van der Waals surface area (Å²) in [6.07, 6.45) is 3.53. The maximum Gasteiger partial charge on any atom is 0.300 e. The summed E-state index contributed by atoms with van der Waals surface area (Å²) in [7, 11) is 1.98. The standard InChI is InChI=1S/C13H16N4O2/c1-17(8-10-4-6-15-7-5-10)9-11-2-3-12(19-11)13(18)16-14/h2-7H,8-9,14H2,1H3,(H,16,18). The fourth-order valence-electron chi connectivity index (χ4n) is 1.78. The molecule has 6 nitrogen and oxygen atoms in total. The van der Waals surface area contributed by atoms with Crippen LogP contribution in [0.3, 0.4) is 0 Å². The molecule has 0 atom stereocenters. The highest BCUT2D eigenvalue weighted by atomic mass is 16.4. The Balaban J connectivity index is 1.94. The molecule has 0 radical (unpaired) electrons. The van der Waals surface area contributed by atoms with Crippen LogP contribution in [0.5, 0.6) is 0 Å². The van der Waals surface area contributed by atoms with Gasteiger partial charge in [-0.3, -0.25) is 20.1 Å². The first kappa shape index (κ1) is 13.3. The number of rotatable bonds is 5. The third kappa shape index (κ3) is 3.64. The Kier molecular flexibility index (Phi) is 4.27. The molecule has 100 valence electrons. The normalized spacial score (nSPS) is 10.7. The van der Waals surface area contributed by atoms with Crippen molar-refractivity contribution in [2.45, 2.75) is 13.1 Å². The van der Waals surface area contributed by atoms with Crippen molar-refractivity contribution in [3.05, 3.63) is 53.7 Å². The van der Waals surface area contributed by atoms with Crippen molar-refractivity contribution in [3.63, 3.8) is 0 Å². The van der Waals surface area contributed by atoms with Gasteiger partial charge in [-0.15, -0.1) is 0 Å². The van der Waals surface area contributed by atoms with Gasteiger partial charge in [0.1, 0.15) is 5.76 Å². The van der Waals surface area contributed by atoms with Gasteiger partial charge < -0.3 is 4.42 Å². The Labute approximate surface area is 111 Å². The topological polar surface area (TPSA) is 84.4 Å². The molecule has 2 aromatic rings. The van der Waals surface area contributed by atoms with Crippen LogP contribution < -0.4 is 11.3 Å². The fourth-order valence-corrected chi connectivity index (χ4v) is 1.78. The molecular weight excluding hydrogens is 244 g/mol. The second-order valence-corrected chi connectivity index (χ2v) is 4.27. The van der Waals surface area contributed by atoms with Gasteiger partial charge in [-0.25, -0.2) is 5.84 Å². The summed E-state index contributed by atoms with van der Waals surface area (Å²) in [5.41, 5.74) is 3.20. The summed E-state index contributed by atoms with van der Waals surface area (Å²) in [6.45, 7) is 1.39. The van der Waals surface area contributed by atoms with E-state index in [1.807, 2.05) is 24.6 Å².